The van der Waals surface area contributed by atoms with Crippen LogP contribution in [0.25, 0.3) is 22.5 Å². The van der Waals surface area contributed by atoms with Crippen LogP contribution >= 0.6 is 12.0 Å². The van der Waals surface area contributed by atoms with E-state index in [-0.39, 0.29) is 0 Å². The molecule has 3 aromatic carbocycles. The van der Waals surface area contributed by atoms with E-state index in [9.17, 15) is 0 Å². The Kier molecular flexibility index (Phi) is 6.35. The lowest BCUT2D eigenvalue weighted by atomic mass is 10.0. The number of imidazole rings is 1. The van der Waals surface area contributed by atoms with Gasteiger partial charge in [-0.05, 0) is 29.3 Å². The zero-order valence-corrected chi connectivity index (χ0v) is 19.3. The zero-order valence-electron chi connectivity index (χ0n) is 18.5. The first-order valence-corrected chi connectivity index (χ1v) is 11.4. The van der Waals surface area contributed by atoms with Crippen LogP contribution in [-0.4, -0.2) is 30.4 Å². The maximum Gasteiger partial charge on any atom is 0.123 e. The number of methoxy groups -OCH3 is 2. The summed E-state index contributed by atoms with van der Waals surface area (Å²) in [6.45, 7) is 1.24. The second-order valence-electron chi connectivity index (χ2n) is 7.70. The molecule has 0 fully saturated rings. The van der Waals surface area contributed by atoms with Crippen LogP contribution in [0.1, 0.15) is 11.1 Å². The Morgan fingerprint density at radius 1 is 0.939 bits per heavy atom. The first-order valence-electron chi connectivity index (χ1n) is 10.7. The molecule has 0 bridgehead atoms. The minimum absolute atomic E-state index is 0.542. The molecule has 1 aliphatic heterocycles. The molecule has 1 aliphatic rings. The number of rotatable bonds is 6. The lowest BCUT2D eigenvalue weighted by Gasteiger charge is -2.14. The number of nitrogens with zero attached hydrogens (tertiary/aromatic N) is 2. The van der Waals surface area contributed by atoms with E-state index in [2.05, 4.69) is 34.9 Å². The third-order valence-electron chi connectivity index (χ3n) is 5.63. The molecule has 0 N–H and O–H groups in total. The molecule has 168 valence electrons. The Bertz CT molecular complexity index is 1230. The van der Waals surface area contributed by atoms with E-state index in [0.29, 0.717) is 13.2 Å². The Labute approximate surface area is 197 Å². The van der Waals surface area contributed by atoms with E-state index in [1.54, 1.807) is 14.2 Å². The van der Waals surface area contributed by atoms with Gasteiger partial charge >= 0.3 is 0 Å². The molecule has 4 aromatic rings. The van der Waals surface area contributed by atoms with E-state index in [4.69, 9.17) is 23.7 Å². The van der Waals surface area contributed by atoms with Crippen molar-refractivity contribution in [1.82, 2.24) is 9.55 Å². The Morgan fingerprint density at radius 2 is 1.73 bits per heavy atom. The van der Waals surface area contributed by atoms with Crippen molar-refractivity contribution in [2.75, 3.05) is 20.8 Å². The van der Waals surface area contributed by atoms with Gasteiger partial charge in [-0.3, -0.25) is 0 Å². The number of benzene rings is 3. The van der Waals surface area contributed by atoms with Crippen molar-refractivity contribution < 1.29 is 18.7 Å². The second-order valence-corrected chi connectivity index (χ2v) is 8.45. The number of ether oxygens (including phenoxy) is 2. The topological polar surface area (TPSA) is 54.7 Å². The summed E-state index contributed by atoms with van der Waals surface area (Å²) in [6.07, 6.45) is 2.70. The van der Waals surface area contributed by atoms with Crippen LogP contribution in [0.15, 0.2) is 78.0 Å². The summed E-state index contributed by atoms with van der Waals surface area (Å²) in [5, 5.41) is 0. The average Bonchev–Trinajstić information content (AvgIpc) is 3.13. The van der Waals surface area contributed by atoms with Gasteiger partial charge in [-0.15, -0.1) is 0 Å². The summed E-state index contributed by atoms with van der Waals surface area (Å²) >= 11 is 1.24. The van der Waals surface area contributed by atoms with E-state index in [1.807, 2.05) is 42.7 Å². The fourth-order valence-corrected chi connectivity index (χ4v) is 4.61. The van der Waals surface area contributed by atoms with Gasteiger partial charge in [0.15, 0.2) is 0 Å². The maximum absolute atomic E-state index is 5.54. The van der Waals surface area contributed by atoms with Gasteiger partial charge in [-0.25, -0.2) is 9.87 Å². The summed E-state index contributed by atoms with van der Waals surface area (Å²) in [7, 11) is 3.32. The van der Waals surface area contributed by atoms with Crippen molar-refractivity contribution in [3.63, 3.8) is 0 Å². The van der Waals surface area contributed by atoms with Gasteiger partial charge in [0.2, 0.25) is 0 Å². The summed E-state index contributed by atoms with van der Waals surface area (Å²) in [5.41, 5.74) is 6.25. The van der Waals surface area contributed by atoms with Crippen LogP contribution in [-0.2, 0) is 22.2 Å². The monoisotopic (exact) mass is 460 g/mol. The van der Waals surface area contributed by atoms with Crippen LogP contribution in [0.5, 0.6) is 11.5 Å². The molecular formula is C26H24N2O4S. The Balaban J connectivity index is 1.66. The molecule has 1 aromatic heterocycles. The lowest BCUT2D eigenvalue weighted by Crippen LogP contribution is -2.01. The van der Waals surface area contributed by atoms with Gasteiger partial charge in [0, 0.05) is 35.1 Å². The van der Waals surface area contributed by atoms with Gasteiger partial charge in [0.25, 0.3) is 0 Å². The predicted molar refractivity (Wildman–Crippen MR) is 128 cm³/mol. The molecule has 7 heteroatoms. The summed E-state index contributed by atoms with van der Waals surface area (Å²) in [4.78, 5) is 11.0. The molecule has 0 radical (unpaired) electrons. The van der Waals surface area contributed by atoms with Crippen LogP contribution < -0.4 is 9.47 Å². The highest BCUT2D eigenvalue weighted by molar-refractivity contribution is 7.94. The minimum Gasteiger partial charge on any atom is -0.497 e. The molecule has 33 heavy (non-hydrogen) atoms. The number of fused-ring (bicyclic) bond motifs is 1. The lowest BCUT2D eigenvalue weighted by molar-refractivity contribution is -0.187. The second kappa shape index (κ2) is 9.70. The molecule has 0 amide bonds. The van der Waals surface area contributed by atoms with Crippen molar-refractivity contribution in [1.29, 1.82) is 0 Å². The third-order valence-corrected chi connectivity index (χ3v) is 6.35. The van der Waals surface area contributed by atoms with Crippen molar-refractivity contribution in [2.24, 2.45) is 0 Å². The molecule has 0 spiro atoms. The van der Waals surface area contributed by atoms with E-state index in [1.165, 1.54) is 23.2 Å². The normalized spacial score (nSPS) is 13.3. The van der Waals surface area contributed by atoms with Crippen LogP contribution in [0.2, 0.25) is 0 Å². The van der Waals surface area contributed by atoms with Gasteiger partial charge in [-0.2, -0.15) is 4.33 Å². The smallest absolute Gasteiger partial charge is 0.123 e. The first-order chi connectivity index (χ1) is 16.2. The Hall–Kier alpha value is -3.26. The van der Waals surface area contributed by atoms with Gasteiger partial charge in [0.1, 0.15) is 11.5 Å². The molecule has 2 heterocycles. The van der Waals surface area contributed by atoms with Crippen molar-refractivity contribution in [2.45, 2.75) is 17.9 Å². The van der Waals surface area contributed by atoms with Crippen LogP contribution in [0.3, 0.4) is 0 Å². The minimum atomic E-state index is 0.542. The molecule has 0 saturated heterocycles. The van der Waals surface area contributed by atoms with E-state index < -0.39 is 0 Å². The van der Waals surface area contributed by atoms with Crippen LogP contribution in [0.4, 0.5) is 0 Å². The highest BCUT2D eigenvalue weighted by Crippen LogP contribution is 2.38. The molecule has 5 rings (SSSR count). The number of hydrogen-bond acceptors (Lipinski definition) is 6. The molecule has 0 saturated carbocycles. The number of hydrogen-bond donors (Lipinski definition) is 0. The van der Waals surface area contributed by atoms with Crippen LogP contribution in [0, 0.1) is 0 Å². The zero-order chi connectivity index (χ0) is 22.6. The standard InChI is InChI=1S/C26H24N2O4S/c1-29-22-12-21(13-23(15-22)30-2)26-25(27-17-28(26)16-18-6-4-3-5-7-18)20-9-8-19-10-11-31-32-33-24(19)14-20/h3-9,12-15,17H,10-11,16H2,1-2H3. The predicted octanol–water partition coefficient (Wildman–Crippen LogP) is 5.79. The highest BCUT2D eigenvalue weighted by atomic mass is 32.2. The maximum atomic E-state index is 5.54. The molecule has 0 unspecified atom stereocenters. The quantitative estimate of drug-likeness (QED) is 0.268. The largest absolute Gasteiger partial charge is 0.497 e. The average molecular weight is 461 g/mol. The van der Waals surface area contributed by atoms with Gasteiger partial charge in [0.05, 0.1) is 50.6 Å². The fraction of sp³-hybridized carbons (Fsp3) is 0.192. The molecule has 0 atom stereocenters. The fourth-order valence-electron chi connectivity index (χ4n) is 3.97. The highest BCUT2D eigenvalue weighted by Gasteiger charge is 2.19. The molecular weight excluding hydrogens is 436 g/mol. The molecule has 6 nitrogen and oxygen atoms in total. The van der Waals surface area contributed by atoms with Gasteiger partial charge in [-0.1, -0.05) is 42.5 Å². The summed E-state index contributed by atoms with van der Waals surface area (Å²) < 4.78 is 18.5. The van der Waals surface area contributed by atoms with E-state index in [0.717, 1.165) is 45.3 Å². The van der Waals surface area contributed by atoms with Crippen molar-refractivity contribution in [3.05, 3.63) is 84.2 Å². The summed E-state index contributed by atoms with van der Waals surface area (Å²) in [5.74, 6) is 1.46. The van der Waals surface area contributed by atoms with Crippen molar-refractivity contribution >= 4 is 12.0 Å². The first kappa shape index (κ1) is 21.6. The Morgan fingerprint density at radius 3 is 2.48 bits per heavy atom. The molecule has 0 aliphatic carbocycles. The van der Waals surface area contributed by atoms with Crippen molar-refractivity contribution in [3.8, 4) is 34.0 Å². The van der Waals surface area contributed by atoms with E-state index >= 15 is 0 Å². The number of aromatic nitrogens is 2. The third kappa shape index (κ3) is 4.61. The SMILES string of the molecule is COc1cc(OC)cc(-c2c(-c3ccc4c(c3)SOOCC4)ncn2Cc2ccccc2)c1. The van der Waals surface area contributed by atoms with Gasteiger partial charge < -0.3 is 14.0 Å². The summed E-state index contributed by atoms with van der Waals surface area (Å²) in [6, 6.07) is 22.6.